The van der Waals surface area contributed by atoms with Crippen LogP contribution in [0, 0.1) is 5.92 Å². The van der Waals surface area contributed by atoms with E-state index in [9.17, 15) is 0 Å². The molecule has 1 saturated heterocycles. The second kappa shape index (κ2) is 9.38. The molecule has 32 heavy (non-hydrogen) atoms. The van der Waals surface area contributed by atoms with Crippen molar-refractivity contribution < 1.29 is 0 Å². The van der Waals surface area contributed by atoms with E-state index < -0.39 is 8.22 Å². The first-order valence-electron chi connectivity index (χ1n) is 11.0. The molecule has 4 aromatic carbocycles. The van der Waals surface area contributed by atoms with Crippen molar-refractivity contribution >= 4 is 36.4 Å². The third kappa shape index (κ3) is 4.17. The van der Waals surface area contributed by atoms with Crippen LogP contribution in [0.4, 0.5) is 17.1 Å². The monoisotopic (exact) mass is 435 g/mol. The van der Waals surface area contributed by atoms with Crippen molar-refractivity contribution in [3.05, 3.63) is 121 Å². The third-order valence-corrected chi connectivity index (χ3v) is 7.99. The fourth-order valence-corrected chi connectivity index (χ4v) is 6.77. The number of hydrogen-bond donors (Lipinski definition) is 0. The Hall–Kier alpha value is -3.42. The molecule has 1 fully saturated rings. The molecular weight excluding hydrogens is 409 g/mol. The van der Waals surface area contributed by atoms with Gasteiger partial charge in [-0.15, -0.1) is 0 Å². The molecule has 5 rings (SSSR count). The Morgan fingerprint density at radius 1 is 0.656 bits per heavy atom. The first-order chi connectivity index (χ1) is 15.8. The minimum atomic E-state index is -0.873. The summed E-state index contributed by atoms with van der Waals surface area (Å²) in [5, 5.41) is 1.31. The Morgan fingerprint density at radius 3 is 1.75 bits per heavy atom. The summed E-state index contributed by atoms with van der Waals surface area (Å²) in [6.45, 7) is 3.20. The van der Waals surface area contributed by atoms with E-state index in [1.807, 2.05) is 6.07 Å². The van der Waals surface area contributed by atoms with Crippen LogP contribution >= 0.6 is 8.22 Å². The number of rotatable bonds is 4. The van der Waals surface area contributed by atoms with Crippen LogP contribution in [0.2, 0.25) is 0 Å². The van der Waals surface area contributed by atoms with E-state index in [2.05, 4.69) is 132 Å². The summed E-state index contributed by atoms with van der Waals surface area (Å²) in [6.07, 6.45) is 0. The SMILES string of the molecule is CC1CN(c2ccccc2)P(c2ccccc2)N(c2ccccc2)C1=Nc1ccccc1. The van der Waals surface area contributed by atoms with Gasteiger partial charge in [-0.2, -0.15) is 0 Å². The summed E-state index contributed by atoms with van der Waals surface area (Å²) < 4.78 is 5.03. The van der Waals surface area contributed by atoms with Crippen molar-refractivity contribution in [2.24, 2.45) is 10.9 Å². The molecule has 1 aliphatic rings. The standard InChI is InChI=1S/C28H26N3P/c1-23-22-30(25-16-8-3-9-17-25)32(27-20-12-5-13-21-27)31(26-18-10-4-11-19-26)28(23)29-24-14-6-2-7-15-24/h2-21,23H,22H2,1H3. The van der Waals surface area contributed by atoms with Gasteiger partial charge >= 0.3 is 0 Å². The fraction of sp³-hybridized carbons (Fsp3) is 0.107. The molecule has 0 spiro atoms. The number of amidine groups is 1. The van der Waals surface area contributed by atoms with Gasteiger partial charge in [-0.1, -0.05) is 91.9 Å². The Balaban J connectivity index is 1.71. The van der Waals surface area contributed by atoms with E-state index in [0.717, 1.165) is 18.1 Å². The van der Waals surface area contributed by atoms with Gasteiger partial charge in [0.05, 0.1) is 5.69 Å². The van der Waals surface area contributed by atoms with E-state index in [-0.39, 0.29) is 5.92 Å². The summed E-state index contributed by atoms with van der Waals surface area (Å²) in [7, 11) is -0.873. The van der Waals surface area contributed by atoms with Crippen LogP contribution in [0.3, 0.4) is 0 Å². The summed E-state index contributed by atoms with van der Waals surface area (Å²) in [6, 6.07) is 42.6. The Labute approximate surface area is 191 Å². The molecule has 2 unspecified atom stereocenters. The van der Waals surface area contributed by atoms with Gasteiger partial charge in [-0.05, 0) is 36.4 Å². The fourth-order valence-electron chi connectivity index (χ4n) is 4.07. The molecule has 4 heteroatoms. The van der Waals surface area contributed by atoms with E-state index >= 15 is 0 Å². The molecule has 158 valence electrons. The maximum Gasteiger partial charge on any atom is 0.134 e. The number of para-hydroxylation sites is 3. The molecule has 1 heterocycles. The lowest BCUT2D eigenvalue weighted by atomic mass is 10.1. The molecule has 3 nitrogen and oxygen atoms in total. The smallest absolute Gasteiger partial charge is 0.134 e. The van der Waals surface area contributed by atoms with Gasteiger partial charge in [0.15, 0.2) is 0 Å². The molecule has 0 radical (unpaired) electrons. The Kier molecular flexibility index (Phi) is 6.00. The van der Waals surface area contributed by atoms with Crippen LogP contribution in [0.25, 0.3) is 0 Å². The summed E-state index contributed by atoms with van der Waals surface area (Å²) in [4.78, 5) is 5.19. The topological polar surface area (TPSA) is 18.8 Å². The second-order valence-electron chi connectivity index (χ2n) is 7.90. The Morgan fingerprint density at radius 2 is 1.16 bits per heavy atom. The van der Waals surface area contributed by atoms with E-state index in [1.54, 1.807) is 0 Å². The van der Waals surface area contributed by atoms with E-state index in [4.69, 9.17) is 4.99 Å². The highest BCUT2D eigenvalue weighted by atomic mass is 31.1. The lowest BCUT2D eigenvalue weighted by Gasteiger charge is -2.48. The van der Waals surface area contributed by atoms with Gasteiger partial charge in [0.1, 0.15) is 14.1 Å². The molecule has 0 amide bonds. The highest BCUT2D eigenvalue weighted by Crippen LogP contribution is 2.53. The van der Waals surface area contributed by atoms with Crippen LogP contribution in [-0.2, 0) is 0 Å². The molecule has 0 N–H and O–H groups in total. The minimum absolute atomic E-state index is 0.262. The molecule has 0 bridgehead atoms. The van der Waals surface area contributed by atoms with Crippen LogP contribution in [0.15, 0.2) is 126 Å². The van der Waals surface area contributed by atoms with Crippen LogP contribution in [0.5, 0.6) is 0 Å². The molecule has 0 saturated carbocycles. The average Bonchev–Trinajstić information content (AvgIpc) is 2.87. The van der Waals surface area contributed by atoms with Crippen molar-refractivity contribution in [1.82, 2.24) is 0 Å². The van der Waals surface area contributed by atoms with Crippen LogP contribution in [-0.4, -0.2) is 12.4 Å². The normalized spacial score (nSPS) is 19.8. The molecule has 0 aromatic heterocycles. The number of hydrogen-bond acceptors (Lipinski definition) is 2. The lowest BCUT2D eigenvalue weighted by molar-refractivity contribution is 0.759. The van der Waals surface area contributed by atoms with Gasteiger partial charge in [0.2, 0.25) is 0 Å². The highest BCUT2D eigenvalue weighted by Gasteiger charge is 2.39. The van der Waals surface area contributed by atoms with Crippen molar-refractivity contribution in [3.8, 4) is 0 Å². The van der Waals surface area contributed by atoms with Crippen LogP contribution in [0.1, 0.15) is 6.92 Å². The maximum absolute atomic E-state index is 5.19. The molecule has 4 aromatic rings. The first-order valence-corrected chi connectivity index (χ1v) is 12.2. The van der Waals surface area contributed by atoms with Gasteiger partial charge in [0, 0.05) is 29.1 Å². The summed E-state index contributed by atoms with van der Waals surface area (Å²) in [5.74, 6) is 1.38. The number of benzene rings is 4. The van der Waals surface area contributed by atoms with Crippen molar-refractivity contribution in [2.75, 3.05) is 15.9 Å². The van der Waals surface area contributed by atoms with E-state index in [1.165, 1.54) is 16.7 Å². The zero-order chi connectivity index (χ0) is 21.8. The molecule has 0 aliphatic carbocycles. The minimum Gasteiger partial charge on any atom is -0.329 e. The number of aliphatic imine (C=N–C) groups is 1. The molecule has 1 aliphatic heterocycles. The number of anilines is 2. The second-order valence-corrected chi connectivity index (χ2v) is 9.87. The predicted molar refractivity (Wildman–Crippen MR) is 138 cm³/mol. The molecular formula is C28H26N3P. The zero-order valence-electron chi connectivity index (χ0n) is 18.1. The van der Waals surface area contributed by atoms with E-state index in [0.29, 0.717) is 0 Å². The predicted octanol–water partition coefficient (Wildman–Crippen LogP) is 7.02. The first kappa shape index (κ1) is 20.5. The van der Waals surface area contributed by atoms with Gasteiger partial charge in [-0.3, -0.25) is 4.67 Å². The average molecular weight is 436 g/mol. The summed E-state index contributed by atoms with van der Waals surface area (Å²) in [5.41, 5.74) is 3.41. The molecule has 2 atom stereocenters. The highest BCUT2D eigenvalue weighted by molar-refractivity contribution is 7.69. The summed E-state index contributed by atoms with van der Waals surface area (Å²) >= 11 is 0. The van der Waals surface area contributed by atoms with Gasteiger partial charge in [-0.25, -0.2) is 4.99 Å². The van der Waals surface area contributed by atoms with Crippen molar-refractivity contribution in [3.63, 3.8) is 0 Å². The lowest BCUT2D eigenvalue weighted by Crippen LogP contribution is -2.48. The van der Waals surface area contributed by atoms with Gasteiger partial charge < -0.3 is 4.67 Å². The Bertz CT molecular complexity index is 1160. The quantitative estimate of drug-likeness (QED) is 0.321. The van der Waals surface area contributed by atoms with Gasteiger partial charge in [0.25, 0.3) is 0 Å². The maximum atomic E-state index is 5.19. The third-order valence-electron chi connectivity index (χ3n) is 5.56. The largest absolute Gasteiger partial charge is 0.329 e. The van der Waals surface area contributed by atoms with Crippen LogP contribution < -0.4 is 14.6 Å². The van der Waals surface area contributed by atoms with Crippen molar-refractivity contribution in [2.45, 2.75) is 6.92 Å². The number of nitrogens with zero attached hydrogens (tertiary/aromatic N) is 3. The van der Waals surface area contributed by atoms with Crippen molar-refractivity contribution in [1.29, 1.82) is 0 Å². The zero-order valence-corrected chi connectivity index (χ0v) is 19.0.